The fraction of sp³-hybridized carbons (Fsp3) is 0.294. The molecule has 0 saturated carbocycles. The van der Waals surface area contributed by atoms with Gasteiger partial charge in [0.2, 0.25) is 5.88 Å². The molecule has 0 bridgehead atoms. The predicted molar refractivity (Wildman–Crippen MR) is 87.3 cm³/mol. The maximum Gasteiger partial charge on any atom is 0.434 e. The molecule has 0 N–H and O–H groups in total. The van der Waals surface area contributed by atoms with E-state index in [-0.39, 0.29) is 4.90 Å². The molecule has 28 heavy (non-hydrogen) atoms. The summed E-state index contributed by atoms with van der Waals surface area (Å²) in [6.07, 6.45) is -10.7. The highest BCUT2D eigenvalue weighted by molar-refractivity contribution is 7.99. The van der Waals surface area contributed by atoms with Gasteiger partial charge in [-0.2, -0.15) is 26.3 Å². The first kappa shape index (κ1) is 21.9. The van der Waals surface area contributed by atoms with Crippen molar-refractivity contribution in [3.63, 3.8) is 0 Å². The number of esters is 1. The van der Waals surface area contributed by atoms with Gasteiger partial charge < -0.3 is 9.47 Å². The summed E-state index contributed by atoms with van der Waals surface area (Å²) < 4.78 is 90.8. The predicted octanol–water partition coefficient (Wildman–Crippen LogP) is 5.46. The molecule has 0 unspecified atom stereocenters. The smallest absolute Gasteiger partial charge is 0.434 e. The lowest BCUT2D eigenvalue weighted by atomic mass is 10.0. The number of nitrogens with zero attached hydrogens (tertiary/aromatic N) is 1. The van der Waals surface area contributed by atoms with Gasteiger partial charge in [0, 0.05) is 4.90 Å². The zero-order chi connectivity index (χ0) is 21.1. The van der Waals surface area contributed by atoms with E-state index in [9.17, 15) is 31.1 Å². The molecular formula is C17H13F6NO3S. The second-order valence-electron chi connectivity index (χ2n) is 5.18. The largest absolute Gasteiger partial charge is 0.480 e. The van der Waals surface area contributed by atoms with Gasteiger partial charge in [-0.25, -0.2) is 9.78 Å². The Bertz CT molecular complexity index is 853. The van der Waals surface area contributed by atoms with Crippen molar-refractivity contribution < 1.29 is 40.6 Å². The van der Waals surface area contributed by atoms with Crippen LogP contribution in [0.15, 0.2) is 40.1 Å². The fourth-order valence-electron chi connectivity index (χ4n) is 2.26. The molecule has 0 atom stereocenters. The fourth-order valence-corrected chi connectivity index (χ4v) is 3.33. The summed E-state index contributed by atoms with van der Waals surface area (Å²) in [5.41, 5.74) is -5.52. The number of rotatable bonds is 5. The number of pyridine rings is 1. The Morgan fingerprint density at radius 2 is 1.68 bits per heavy atom. The van der Waals surface area contributed by atoms with Gasteiger partial charge in [0.15, 0.2) is 5.69 Å². The van der Waals surface area contributed by atoms with Crippen molar-refractivity contribution in [2.24, 2.45) is 0 Å². The Morgan fingerprint density at radius 1 is 1.07 bits per heavy atom. The summed E-state index contributed by atoms with van der Waals surface area (Å²) in [6.45, 7) is 0.843. The first-order valence-electron chi connectivity index (χ1n) is 7.67. The van der Waals surface area contributed by atoms with E-state index < -0.39 is 52.5 Å². The van der Waals surface area contributed by atoms with Crippen LogP contribution in [0.2, 0.25) is 0 Å². The number of alkyl halides is 6. The van der Waals surface area contributed by atoms with Gasteiger partial charge in [-0.3, -0.25) is 0 Å². The first-order chi connectivity index (χ1) is 13.0. The quantitative estimate of drug-likeness (QED) is 0.471. The van der Waals surface area contributed by atoms with E-state index in [1.165, 1.54) is 31.2 Å². The van der Waals surface area contributed by atoms with E-state index in [0.717, 1.165) is 7.11 Å². The third kappa shape index (κ3) is 4.70. The minimum atomic E-state index is -5.34. The van der Waals surface area contributed by atoms with Crippen LogP contribution in [0, 0.1) is 0 Å². The Labute approximate surface area is 159 Å². The lowest BCUT2D eigenvalue weighted by molar-refractivity contribution is -0.148. The van der Waals surface area contributed by atoms with E-state index in [0.29, 0.717) is 11.8 Å². The van der Waals surface area contributed by atoms with Crippen LogP contribution in [0.5, 0.6) is 5.88 Å². The zero-order valence-corrected chi connectivity index (χ0v) is 15.3. The second kappa shape index (κ2) is 8.29. The molecule has 1 aromatic heterocycles. The van der Waals surface area contributed by atoms with E-state index in [4.69, 9.17) is 4.74 Å². The summed E-state index contributed by atoms with van der Waals surface area (Å²) in [6, 6.07) is 7.58. The molecule has 2 aromatic rings. The molecule has 0 aliphatic rings. The molecule has 152 valence electrons. The second-order valence-corrected chi connectivity index (χ2v) is 6.26. The van der Waals surface area contributed by atoms with Crippen molar-refractivity contribution in [1.29, 1.82) is 0 Å². The number of carbonyl (C=O) groups excluding carboxylic acids is 1. The summed E-state index contributed by atoms with van der Waals surface area (Å²) >= 11 is 0.479. The molecule has 2 rings (SSSR count). The van der Waals surface area contributed by atoms with Gasteiger partial charge in [-0.05, 0) is 19.1 Å². The molecule has 0 saturated heterocycles. The van der Waals surface area contributed by atoms with Crippen molar-refractivity contribution in [3.8, 4) is 5.88 Å². The van der Waals surface area contributed by atoms with Crippen molar-refractivity contribution in [2.45, 2.75) is 29.1 Å². The van der Waals surface area contributed by atoms with Gasteiger partial charge in [0.1, 0.15) is 5.56 Å². The molecule has 0 aliphatic heterocycles. The highest BCUT2D eigenvalue weighted by Crippen LogP contribution is 2.48. The average molecular weight is 425 g/mol. The third-order valence-corrected chi connectivity index (χ3v) is 4.40. The number of carbonyl (C=O) groups is 1. The van der Waals surface area contributed by atoms with E-state index in [1.54, 1.807) is 6.07 Å². The Hall–Kier alpha value is -2.43. The number of ether oxygens (including phenoxy) is 2. The van der Waals surface area contributed by atoms with Crippen LogP contribution in [0.25, 0.3) is 0 Å². The summed E-state index contributed by atoms with van der Waals surface area (Å²) in [5.74, 6) is -2.67. The summed E-state index contributed by atoms with van der Waals surface area (Å²) in [5, 5.41) is 0. The standard InChI is InChI=1S/C17H13F6NO3S/c1-3-27-15(25)10-11(16(18,19)20)12(28-9-7-5-4-6-8-9)14(26-2)24-13(10)17(21,22)23/h4-8H,3H2,1-2H3. The Morgan fingerprint density at radius 3 is 2.14 bits per heavy atom. The maximum absolute atomic E-state index is 13.8. The van der Waals surface area contributed by atoms with Gasteiger partial charge in [0.05, 0.1) is 24.2 Å². The molecule has 0 amide bonds. The SMILES string of the molecule is CCOC(=O)c1c(C(F)(F)F)nc(OC)c(Sc2ccccc2)c1C(F)(F)F. The van der Waals surface area contributed by atoms with Crippen molar-refractivity contribution in [3.05, 3.63) is 47.2 Å². The van der Waals surface area contributed by atoms with Crippen LogP contribution in [-0.4, -0.2) is 24.7 Å². The Balaban J connectivity index is 2.90. The molecule has 0 spiro atoms. The summed E-state index contributed by atoms with van der Waals surface area (Å²) in [4.78, 5) is 14.8. The summed E-state index contributed by atoms with van der Waals surface area (Å²) in [7, 11) is 0.891. The zero-order valence-electron chi connectivity index (χ0n) is 14.4. The van der Waals surface area contributed by atoms with Crippen LogP contribution < -0.4 is 4.74 Å². The van der Waals surface area contributed by atoms with Crippen LogP contribution in [0.1, 0.15) is 28.5 Å². The highest BCUT2D eigenvalue weighted by Gasteiger charge is 2.48. The molecule has 0 aliphatic carbocycles. The number of benzene rings is 1. The number of hydrogen-bond donors (Lipinski definition) is 0. The van der Waals surface area contributed by atoms with Crippen LogP contribution >= 0.6 is 11.8 Å². The monoisotopic (exact) mass is 425 g/mol. The molecule has 1 aromatic carbocycles. The lowest BCUT2D eigenvalue weighted by Crippen LogP contribution is -2.24. The number of halogens is 6. The van der Waals surface area contributed by atoms with Gasteiger partial charge in [-0.1, -0.05) is 30.0 Å². The molecule has 4 nitrogen and oxygen atoms in total. The normalized spacial score (nSPS) is 12.0. The molecule has 0 fully saturated rings. The van der Waals surface area contributed by atoms with Crippen molar-refractivity contribution >= 4 is 17.7 Å². The van der Waals surface area contributed by atoms with E-state index in [2.05, 4.69) is 9.72 Å². The van der Waals surface area contributed by atoms with Gasteiger partial charge >= 0.3 is 18.3 Å². The van der Waals surface area contributed by atoms with Crippen LogP contribution in [0.4, 0.5) is 26.3 Å². The Kier molecular flexibility index (Phi) is 6.48. The minimum Gasteiger partial charge on any atom is -0.480 e. The molecular weight excluding hydrogens is 412 g/mol. The van der Waals surface area contributed by atoms with Gasteiger partial charge in [0.25, 0.3) is 0 Å². The maximum atomic E-state index is 13.8. The first-order valence-corrected chi connectivity index (χ1v) is 8.48. The van der Waals surface area contributed by atoms with Gasteiger partial charge in [-0.15, -0.1) is 0 Å². The van der Waals surface area contributed by atoms with Crippen molar-refractivity contribution in [2.75, 3.05) is 13.7 Å². The topological polar surface area (TPSA) is 48.4 Å². The van der Waals surface area contributed by atoms with E-state index >= 15 is 0 Å². The molecule has 0 radical (unpaired) electrons. The van der Waals surface area contributed by atoms with Crippen molar-refractivity contribution in [1.82, 2.24) is 4.98 Å². The lowest BCUT2D eigenvalue weighted by Gasteiger charge is -2.21. The van der Waals surface area contributed by atoms with Crippen LogP contribution in [-0.2, 0) is 17.1 Å². The van der Waals surface area contributed by atoms with Crippen LogP contribution in [0.3, 0.4) is 0 Å². The number of hydrogen-bond acceptors (Lipinski definition) is 5. The average Bonchev–Trinajstić information content (AvgIpc) is 2.60. The minimum absolute atomic E-state index is 0.280. The molecule has 1 heterocycles. The molecule has 11 heteroatoms. The highest BCUT2D eigenvalue weighted by atomic mass is 32.2. The number of aromatic nitrogens is 1. The number of methoxy groups -OCH3 is 1. The van der Waals surface area contributed by atoms with E-state index in [1.807, 2.05) is 0 Å². The third-order valence-electron chi connectivity index (χ3n) is 3.31.